The third-order valence-corrected chi connectivity index (χ3v) is 6.45. The summed E-state index contributed by atoms with van der Waals surface area (Å²) in [6, 6.07) is 15.8. The second kappa shape index (κ2) is 6.85. The zero-order valence-corrected chi connectivity index (χ0v) is 15.1. The van der Waals surface area contributed by atoms with Crippen molar-refractivity contribution in [3.05, 3.63) is 71.5 Å². The zero-order valence-electron chi connectivity index (χ0n) is 14.3. The Morgan fingerprint density at radius 2 is 1.96 bits per heavy atom. The molecule has 0 aliphatic carbocycles. The number of halogens is 1. The Hall–Kier alpha value is -2.18. The van der Waals surface area contributed by atoms with Crippen molar-refractivity contribution in [1.29, 1.82) is 0 Å². The van der Waals surface area contributed by atoms with Gasteiger partial charge in [0.25, 0.3) is 5.91 Å². The summed E-state index contributed by atoms with van der Waals surface area (Å²) in [5.41, 5.74) is 1.18. The number of fused-ring (bicyclic) bond motifs is 1. The molecule has 0 aromatic heterocycles. The number of amides is 1. The molecule has 1 N–H and O–H groups in total. The van der Waals surface area contributed by atoms with E-state index in [1.54, 1.807) is 24.3 Å². The Bertz CT molecular complexity index is 858. The molecule has 2 aromatic rings. The SMILES string of the molecule is C[C@H]1OC[C@]2(c3ccccc3F)SC(NC(=O)c3ccccc3)=NC[C@@H]12. The second-order valence-electron chi connectivity index (χ2n) is 6.56. The third kappa shape index (κ3) is 2.93. The molecule has 0 unspecified atom stereocenters. The van der Waals surface area contributed by atoms with E-state index in [-0.39, 0.29) is 23.7 Å². The van der Waals surface area contributed by atoms with Crippen LogP contribution in [0, 0.1) is 11.7 Å². The molecule has 2 heterocycles. The second-order valence-corrected chi connectivity index (χ2v) is 7.88. The van der Waals surface area contributed by atoms with Crippen LogP contribution in [0.3, 0.4) is 0 Å². The van der Waals surface area contributed by atoms with E-state index in [4.69, 9.17) is 4.74 Å². The first kappa shape index (κ1) is 17.2. The highest BCUT2D eigenvalue weighted by atomic mass is 32.2. The quantitative estimate of drug-likeness (QED) is 0.879. The smallest absolute Gasteiger partial charge is 0.257 e. The van der Waals surface area contributed by atoms with E-state index in [9.17, 15) is 9.18 Å². The summed E-state index contributed by atoms with van der Waals surface area (Å²) in [4.78, 5) is 17.0. The average Bonchev–Trinajstić information content (AvgIpc) is 3.00. The average molecular weight is 370 g/mol. The van der Waals surface area contributed by atoms with Crippen LogP contribution in [0.15, 0.2) is 59.6 Å². The highest BCUT2D eigenvalue weighted by Gasteiger charge is 2.53. The predicted octanol–water partition coefficient (Wildman–Crippen LogP) is 3.59. The van der Waals surface area contributed by atoms with E-state index in [1.165, 1.54) is 17.8 Å². The van der Waals surface area contributed by atoms with Crippen molar-refractivity contribution < 1.29 is 13.9 Å². The molecule has 0 saturated carbocycles. The number of hydrogen-bond donors (Lipinski definition) is 1. The summed E-state index contributed by atoms with van der Waals surface area (Å²) in [6.07, 6.45) is -0.0165. The van der Waals surface area contributed by atoms with E-state index in [1.807, 2.05) is 31.2 Å². The number of ether oxygens (including phenoxy) is 1. The van der Waals surface area contributed by atoms with Gasteiger partial charge in [-0.25, -0.2) is 4.39 Å². The first-order chi connectivity index (χ1) is 12.6. The van der Waals surface area contributed by atoms with Crippen molar-refractivity contribution in [2.45, 2.75) is 17.8 Å². The first-order valence-corrected chi connectivity index (χ1v) is 9.38. The van der Waals surface area contributed by atoms with Gasteiger partial charge in [-0.15, -0.1) is 0 Å². The number of hydrogen-bond acceptors (Lipinski definition) is 4. The van der Waals surface area contributed by atoms with E-state index < -0.39 is 4.75 Å². The summed E-state index contributed by atoms with van der Waals surface area (Å²) >= 11 is 1.40. The summed E-state index contributed by atoms with van der Waals surface area (Å²) in [5.74, 6) is -0.411. The van der Waals surface area contributed by atoms with Crippen LogP contribution in [0.5, 0.6) is 0 Å². The largest absolute Gasteiger partial charge is 0.376 e. The minimum Gasteiger partial charge on any atom is -0.376 e. The number of nitrogens with zero attached hydrogens (tertiary/aromatic N) is 1. The van der Waals surface area contributed by atoms with Gasteiger partial charge in [-0.05, 0) is 25.1 Å². The molecule has 26 heavy (non-hydrogen) atoms. The zero-order chi connectivity index (χ0) is 18.1. The van der Waals surface area contributed by atoms with Gasteiger partial charge >= 0.3 is 0 Å². The van der Waals surface area contributed by atoms with Crippen LogP contribution in [-0.2, 0) is 9.48 Å². The van der Waals surface area contributed by atoms with Gasteiger partial charge in [0.1, 0.15) is 5.82 Å². The number of carbonyl (C=O) groups excluding carboxylic acids is 1. The number of carbonyl (C=O) groups is 1. The Morgan fingerprint density at radius 1 is 1.23 bits per heavy atom. The molecule has 134 valence electrons. The highest BCUT2D eigenvalue weighted by Crippen LogP contribution is 2.52. The molecule has 2 aliphatic rings. The van der Waals surface area contributed by atoms with Gasteiger partial charge in [0.05, 0.1) is 17.5 Å². The number of nitrogens with one attached hydrogen (secondary N) is 1. The number of thioether (sulfide) groups is 1. The molecule has 4 nitrogen and oxygen atoms in total. The Labute approximate surface area is 155 Å². The minimum absolute atomic E-state index is 0.0165. The molecule has 0 bridgehead atoms. The van der Waals surface area contributed by atoms with Gasteiger partial charge in [-0.1, -0.05) is 48.2 Å². The van der Waals surface area contributed by atoms with Gasteiger partial charge in [0.15, 0.2) is 5.17 Å². The van der Waals surface area contributed by atoms with Gasteiger partial charge in [0.2, 0.25) is 0 Å². The lowest BCUT2D eigenvalue weighted by Crippen LogP contribution is -2.43. The molecular formula is C20H19FN2O2S. The number of rotatable bonds is 2. The van der Waals surface area contributed by atoms with Gasteiger partial charge in [0, 0.05) is 23.6 Å². The normalized spacial score (nSPS) is 27.5. The topological polar surface area (TPSA) is 50.7 Å². The summed E-state index contributed by atoms with van der Waals surface area (Å²) in [5, 5.41) is 3.38. The molecule has 0 radical (unpaired) electrons. The Morgan fingerprint density at radius 3 is 2.73 bits per heavy atom. The lowest BCUT2D eigenvalue weighted by atomic mass is 9.84. The van der Waals surface area contributed by atoms with Crippen LogP contribution in [0.25, 0.3) is 0 Å². The van der Waals surface area contributed by atoms with Gasteiger partial charge in [-0.3, -0.25) is 9.79 Å². The molecule has 4 rings (SSSR count). The first-order valence-electron chi connectivity index (χ1n) is 8.56. The molecule has 3 atom stereocenters. The summed E-state index contributed by atoms with van der Waals surface area (Å²) in [6.45, 7) is 2.88. The van der Waals surface area contributed by atoms with Crippen LogP contribution >= 0.6 is 11.8 Å². The molecule has 1 fully saturated rings. The van der Waals surface area contributed by atoms with Crippen molar-refractivity contribution in [2.24, 2.45) is 10.9 Å². The number of amidine groups is 1. The van der Waals surface area contributed by atoms with Crippen LogP contribution in [0.2, 0.25) is 0 Å². The molecule has 2 aromatic carbocycles. The van der Waals surface area contributed by atoms with Crippen LogP contribution in [-0.4, -0.2) is 30.3 Å². The molecule has 2 aliphatic heterocycles. The lowest BCUT2D eigenvalue weighted by Gasteiger charge is -2.37. The van der Waals surface area contributed by atoms with Gasteiger partial charge < -0.3 is 10.1 Å². The van der Waals surface area contributed by atoms with Crippen molar-refractivity contribution in [2.75, 3.05) is 13.2 Å². The van der Waals surface area contributed by atoms with E-state index in [0.717, 1.165) is 0 Å². The van der Waals surface area contributed by atoms with Crippen molar-refractivity contribution in [3.63, 3.8) is 0 Å². The maximum absolute atomic E-state index is 14.6. The van der Waals surface area contributed by atoms with E-state index >= 15 is 0 Å². The minimum atomic E-state index is -0.578. The Kier molecular flexibility index (Phi) is 4.54. The summed E-state index contributed by atoms with van der Waals surface area (Å²) < 4.78 is 19.9. The van der Waals surface area contributed by atoms with Crippen molar-refractivity contribution >= 4 is 22.8 Å². The fourth-order valence-corrected chi connectivity index (χ4v) is 5.05. The standard InChI is InChI=1S/C20H19FN2O2S/c1-13-16-11-22-19(23-18(24)14-7-3-2-4-8-14)26-20(16,12-25-13)15-9-5-6-10-17(15)21/h2-10,13,16H,11-12H2,1H3,(H,22,23,24)/t13-,16+,20-/m1/s1. The van der Waals surface area contributed by atoms with Gasteiger partial charge in [-0.2, -0.15) is 0 Å². The fraction of sp³-hybridized carbons (Fsp3) is 0.300. The number of aliphatic imine (C=N–C) groups is 1. The summed E-state index contributed by atoms with van der Waals surface area (Å²) in [7, 11) is 0. The molecule has 1 amide bonds. The highest BCUT2D eigenvalue weighted by molar-refractivity contribution is 8.14. The molecule has 6 heteroatoms. The fourth-order valence-electron chi connectivity index (χ4n) is 3.61. The predicted molar refractivity (Wildman–Crippen MR) is 101 cm³/mol. The molecule has 0 spiro atoms. The monoisotopic (exact) mass is 370 g/mol. The van der Waals surface area contributed by atoms with Crippen LogP contribution < -0.4 is 5.32 Å². The lowest BCUT2D eigenvalue weighted by molar-refractivity contribution is 0.0977. The Balaban J connectivity index is 1.64. The maximum atomic E-state index is 14.6. The molecule has 1 saturated heterocycles. The van der Waals surface area contributed by atoms with Crippen molar-refractivity contribution in [3.8, 4) is 0 Å². The van der Waals surface area contributed by atoms with Crippen molar-refractivity contribution in [1.82, 2.24) is 5.32 Å². The molecular weight excluding hydrogens is 351 g/mol. The van der Waals surface area contributed by atoms with E-state index in [0.29, 0.717) is 29.4 Å². The maximum Gasteiger partial charge on any atom is 0.257 e. The van der Waals surface area contributed by atoms with E-state index in [2.05, 4.69) is 10.3 Å². The number of benzene rings is 2. The third-order valence-electron chi connectivity index (χ3n) is 5.02. The van der Waals surface area contributed by atoms with Crippen LogP contribution in [0.4, 0.5) is 4.39 Å². The van der Waals surface area contributed by atoms with Crippen LogP contribution in [0.1, 0.15) is 22.8 Å².